The average Bonchev–Trinajstić information content (AvgIpc) is 2.38. The molecule has 0 saturated carbocycles. The zero-order valence-electron chi connectivity index (χ0n) is 11.5. The zero-order chi connectivity index (χ0) is 13.1. The molecule has 2 heterocycles. The van der Waals surface area contributed by atoms with E-state index in [9.17, 15) is 0 Å². The fourth-order valence-electron chi connectivity index (χ4n) is 2.39. The van der Waals surface area contributed by atoms with Crippen LogP contribution in [0.15, 0.2) is 6.07 Å². The quantitative estimate of drug-likeness (QED) is 0.787. The van der Waals surface area contributed by atoms with E-state index in [-0.39, 0.29) is 0 Å². The summed E-state index contributed by atoms with van der Waals surface area (Å²) >= 11 is 5.99. The maximum atomic E-state index is 5.99. The third kappa shape index (κ3) is 3.14. The number of alkyl halides is 1. The van der Waals surface area contributed by atoms with Crippen LogP contribution in [-0.4, -0.2) is 28.9 Å². The normalized spacial score (nSPS) is 20.5. The van der Waals surface area contributed by atoms with Crippen LogP contribution in [0.4, 0.5) is 5.82 Å². The number of aryl methyl sites for hydroxylation is 1. The molecule has 1 aliphatic heterocycles. The van der Waals surface area contributed by atoms with Crippen LogP contribution in [0.5, 0.6) is 0 Å². The van der Waals surface area contributed by atoms with Gasteiger partial charge in [-0.05, 0) is 25.7 Å². The third-order valence-corrected chi connectivity index (χ3v) is 3.87. The number of anilines is 1. The minimum absolute atomic E-state index is 0.372. The molecule has 0 aliphatic carbocycles. The number of aromatic nitrogens is 2. The number of rotatable bonds is 3. The predicted molar refractivity (Wildman–Crippen MR) is 76.5 cm³/mol. The number of halogens is 1. The minimum atomic E-state index is 0.372. The fraction of sp³-hybridized carbons (Fsp3) is 0.714. The molecule has 1 aromatic heterocycles. The lowest BCUT2D eigenvalue weighted by molar-refractivity contribution is 0.448. The Kier molecular flexibility index (Phi) is 4.44. The summed E-state index contributed by atoms with van der Waals surface area (Å²) in [6.07, 6.45) is 2.44. The molecule has 0 radical (unpaired) electrons. The molecule has 100 valence electrons. The van der Waals surface area contributed by atoms with E-state index in [2.05, 4.69) is 29.8 Å². The summed E-state index contributed by atoms with van der Waals surface area (Å²) in [6, 6.07) is 2.09. The predicted octanol–water partition coefficient (Wildman–Crippen LogP) is 3.36. The van der Waals surface area contributed by atoms with Gasteiger partial charge in [-0.15, -0.1) is 11.6 Å². The Hall–Kier alpha value is -0.830. The van der Waals surface area contributed by atoms with Gasteiger partial charge in [0.2, 0.25) is 0 Å². The van der Waals surface area contributed by atoms with Crippen LogP contribution >= 0.6 is 11.6 Å². The van der Waals surface area contributed by atoms with Crippen LogP contribution in [0, 0.1) is 12.8 Å². The van der Waals surface area contributed by atoms with Crippen molar-refractivity contribution in [2.45, 2.75) is 39.5 Å². The van der Waals surface area contributed by atoms with E-state index in [1.165, 1.54) is 12.8 Å². The van der Waals surface area contributed by atoms with Gasteiger partial charge in [-0.1, -0.05) is 13.8 Å². The molecular formula is C14H22ClN3. The van der Waals surface area contributed by atoms with Gasteiger partial charge in [-0.3, -0.25) is 0 Å². The van der Waals surface area contributed by atoms with Crippen molar-refractivity contribution in [3.05, 3.63) is 17.6 Å². The number of nitrogens with zero attached hydrogens (tertiary/aromatic N) is 3. The maximum Gasteiger partial charge on any atom is 0.133 e. The summed E-state index contributed by atoms with van der Waals surface area (Å²) in [5, 5.41) is 0. The first kappa shape index (κ1) is 13.6. The lowest BCUT2D eigenvalue weighted by Crippen LogP contribution is -2.36. The molecule has 0 bridgehead atoms. The van der Waals surface area contributed by atoms with Gasteiger partial charge < -0.3 is 4.90 Å². The molecule has 0 spiro atoms. The van der Waals surface area contributed by atoms with Crippen LogP contribution in [0.25, 0.3) is 0 Å². The smallest absolute Gasteiger partial charge is 0.133 e. The van der Waals surface area contributed by atoms with Gasteiger partial charge in [0.15, 0.2) is 0 Å². The van der Waals surface area contributed by atoms with E-state index in [0.717, 1.165) is 36.3 Å². The second kappa shape index (κ2) is 5.87. The minimum Gasteiger partial charge on any atom is -0.356 e. The average molecular weight is 268 g/mol. The van der Waals surface area contributed by atoms with E-state index in [1.54, 1.807) is 0 Å². The van der Waals surface area contributed by atoms with Gasteiger partial charge in [0, 0.05) is 36.6 Å². The summed E-state index contributed by atoms with van der Waals surface area (Å²) in [6.45, 7) is 8.42. The van der Waals surface area contributed by atoms with Crippen molar-refractivity contribution in [1.82, 2.24) is 9.97 Å². The highest BCUT2D eigenvalue weighted by atomic mass is 35.5. The van der Waals surface area contributed by atoms with Crippen LogP contribution in [-0.2, 0) is 0 Å². The van der Waals surface area contributed by atoms with Gasteiger partial charge in [0.05, 0.1) is 0 Å². The highest BCUT2D eigenvalue weighted by molar-refractivity contribution is 6.18. The van der Waals surface area contributed by atoms with Crippen molar-refractivity contribution in [1.29, 1.82) is 0 Å². The highest BCUT2D eigenvalue weighted by Gasteiger charge is 2.21. The number of hydrogen-bond donors (Lipinski definition) is 0. The lowest BCUT2D eigenvalue weighted by atomic mass is 10.00. The Labute approximate surface area is 115 Å². The Morgan fingerprint density at radius 1 is 1.44 bits per heavy atom. The first-order valence-corrected chi connectivity index (χ1v) is 7.30. The number of piperidine rings is 1. The second-order valence-electron chi connectivity index (χ2n) is 5.49. The van der Waals surface area contributed by atoms with Crippen LogP contribution in [0.1, 0.15) is 44.1 Å². The molecule has 1 aromatic rings. The van der Waals surface area contributed by atoms with Gasteiger partial charge >= 0.3 is 0 Å². The molecular weight excluding hydrogens is 246 g/mol. The van der Waals surface area contributed by atoms with E-state index in [0.29, 0.717) is 11.8 Å². The molecule has 1 aliphatic rings. The van der Waals surface area contributed by atoms with Crippen molar-refractivity contribution in [2.24, 2.45) is 5.92 Å². The van der Waals surface area contributed by atoms with E-state index >= 15 is 0 Å². The van der Waals surface area contributed by atoms with Crippen LogP contribution in [0.2, 0.25) is 0 Å². The highest BCUT2D eigenvalue weighted by Crippen LogP contribution is 2.24. The van der Waals surface area contributed by atoms with Crippen molar-refractivity contribution in [2.75, 3.05) is 23.9 Å². The zero-order valence-corrected chi connectivity index (χ0v) is 12.2. The molecule has 4 heteroatoms. The van der Waals surface area contributed by atoms with Gasteiger partial charge in [-0.2, -0.15) is 0 Å². The molecule has 3 nitrogen and oxygen atoms in total. The SMILES string of the molecule is Cc1cc(N2CCCC(CCl)C2)nc(C(C)C)n1. The van der Waals surface area contributed by atoms with Crippen LogP contribution in [0.3, 0.4) is 0 Å². The lowest BCUT2D eigenvalue weighted by Gasteiger charge is -2.33. The van der Waals surface area contributed by atoms with Crippen molar-refractivity contribution >= 4 is 17.4 Å². The van der Waals surface area contributed by atoms with Crippen molar-refractivity contribution in [3.63, 3.8) is 0 Å². The Bertz CT molecular complexity index is 406. The maximum absolute atomic E-state index is 5.99. The van der Waals surface area contributed by atoms with Crippen molar-refractivity contribution < 1.29 is 0 Å². The summed E-state index contributed by atoms with van der Waals surface area (Å²) in [5.74, 6) is 3.73. The topological polar surface area (TPSA) is 29.0 Å². The summed E-state index contributed by atoms with van der Waals surface area (Å²) in [4.78, 5) is 11.6. The van der Waals surface area contributed by atoms with Gasteiger partial charge in [0.25, 0.3) is 0 Å². The summed E-state index contributed by atoms with van der Waals surface area (Å²) < 4.78 is 0. The fourth-order valence-corrected chi connectivity index (χ4v) is 2.65. The summed E-state index contributed by atoms with van der Waals surface area (Å²) in [5.41, 5.74) is 1.05. The Balaban J connectivity index is 2.21. The van der Waals surface area contributed by atoms with Crippen LogP contribution < -0.4 is 4.90 Å². The number of hydrogen-bond acceptors (Lipinski definition) is 3. The molecule has 0 amide bonds. The molecule has 2 rings (SSSR count). The second-order valence-corrected chi connectivity index (χ2v) is 5.80. The molecule has 0 N–H and O–H groups in total. The monoisotopic (exact) mass is 267 g/mol. The van der Waals surface area contributed by atoms with E-state index in [4.69, 9.17) is 16.6 Å². The molecule has 1 atom stereocenters. The van der Waals surface area contributed by atoms with E-state index < -0.39 is 0 Å². The van der Waals surface area contributed by atoms with Gasteiger partial charge in [0.1, 0.15) is 11.6 Å². The Morgan fingerprint density at radius 2 is 2.22 bits per heavy atom. The molecule has 0 aromatic carbocycles. The molecule has 1 saturated heterocycles. The van der Waals surface area contributed by atoms with Crippen molar-refractivity contribution in [3.8, 4) is 0 Å². The standard InChI is InChI=1S/C14H22ClN3/c1-10(2)14-16-11(3)7-13(17-14)18-6-4-5-12(8-15)9-18/h7,10,12H,4-6,8-9H2,1-3H3. The largest absolute Gasteiger partial charge is 0.356 e. The Morgan fingerprint density at radius 3 is 2.89 bits per heavy atom. The molecule has 1 fully saturated rings. The first-order valence-electron chi connectivity index (χ1n) is 6.76. The first-order chi connectivity index (χ1) is 8.60. The van der Waals surface area contributed by atoms with Gasteiger partial charge in [-0.25, -0.2) is 9.97 Å². The molecule has 1 unspecified atom stereocenters. The third-order valence-electron chi connectivity index (χ3n) is 3.44. The summed E-state index contributed by atoms with van der Waals surface area (Å²) in [7, 11) is 0. The van der Waals surface area contributed by atoms with E-state index in [1.807, 2.05) is 6.92 Å². The molecule has 18 heavy (non-hydrogen) atoms.